The third kappa shape index (κ3) is 3.82. The molecule has 0 spiro atoms. The zero-order chi connectivity index (χ0) is 15.4. The maximum Gasteiger partial charge on any atom is 0.124 e. The van der Waals surface area contributed by atoms with Gasteiger partial charge < -0.3 is 10.1 Å². The molecule has 0 aromatic heterocycles. The van der Waals surface area contributed by atoms with Gasteiger partial charge in [-0.1, -0.05) is 23.8 Å². The van der Waals surface area contributed by atoms with E-state index in [0.717, 1.165) is 16.9 Å². The van der Waals surface area contributed by atoms with E-state index in [-0.39, 0.29) is 11.9 Å². The molecule has 0 heterocycles. The van der Waals surface area contributed by atoms with Crippen LogP contribution in [0.25, 0.3) is 0 Å². The molecular weight excluding hydrogens is 265 g/mol. The molecule has 0 aliphatic rings. The molecule has 0 radical (unpaired) electrons. The van der Waals surface area contributed by atoms with Crippen molar-refractivity contribution in [1.82, 2.24) is 5.32 Å². The molecule has 2 aromatic rings. The highest BCUT2D eigenvalue weighted by Crippen LogP contribution is 2.27. The first-order valence-corrected chi connectivity index (χ1v) is 7.17. The van der Waals surface area contributed by atoms with Crippen molar-refractivity contribution in [3.8, 4) is 5.75 Å². The van der Waals surface area contributed by atoms with Crippen LogP contribution in [0.1, 0.15) is 35.2 Å². The van der Waals surface area contributed by atoms with Crippen molar-refractivity contribution in [3.63, 3.8) is 0 Å². The van der Waals surface area contributed by atoms with E-state index in [1.165, 1.54) is 23.3 Å². The third-order valence-electron chi connectivity index (χ3n) is 3.76. The normalized spacial score (nSPS) is 12.2. The van der Waals surface area contributed by atoms with Gasteiger partial charge in [-0.25, -0.2) is 4.39 Å². The number of halogens is 1. The first-order chi connectivity index (χ1) is 10.0. The van der Waals surface area contributed by atoms with Gasteiger partial charge in [-0.2, -0.15) is 0 Å². The number of benzene rings is 2. The van der Waals surface area contributed by atoms with Crippen molar-refractivity contribution < 1.29 is 9.13 Å². The predicted molar refractivity (Wildman–Crippen MR) is 84.1 cm³/mol. The molecular formula is C18H22FNO. The number of hydrogen-bond donors (Lipinski definition) is 1. The summed E-state index contributed by atoms with van der Waals surface area (Å²) < 4.78 is 19.4. The molecule has 2 nitrogen and oxygen atoms in total. The highest BCUT2D eigenvalue weighted by atomic mass is 19.1. The van der Waals surface area contributed by atoms with Crippen LogP contribution >= 0.6 is 0 Å². The van der Waals surface area contributed by atoms with Crippen molar-refractivity contribution in [2.24, 2.45) is 0 Å². The zero-order valence-corrected chi connectivity index (χ0v) is 13.0. The molecule has 0 fully saturated rings. The van der Waals surface area contributed by atoms with E-state index >= 15 is 0 Å². The first-order valence-electron chi connectivity index (χ1n) is 7.17. The van der Waals surface area contributed by atoms with Crippen molar-refractivity contribution in [2.75, 3.05) is 7.05 Å². The van der Waals surface area contributed by atoms with Gasteiger partial charge in [0, 0.05) is 11.6 Å². The lowest BCUT2D eigenvalue weighted by Gasteiger charge is -2.17. The topological polar surface area (TPSA) is 21.3 Å². The van der Waals surface area contributed by atoms with Gasteiger partial charge in [0.05, 0.1) is 0 Å². The van der Waals surface area contributed by atoms with Crippen LogP contribution in [0.4, 0.5) is 4.39 Å². The number of ether oxygens (including phenoxy) is 1. The zero-order valence-electron chi connectivity index (χ0n) is 13.0. The summed E-state index contributed by atoms with van der Waals surface area (Å²) in [7, 11) is 1.85. The van der Waals surface area contributed by atoms with E-state index in [9.17, 15) is 4.39 Å². The second kappa shape index (κ2) is 6.72. The molecule has 21 heavy (non-hydrogen) atoms. The largest absolute Gasteiger partial charge is 0.489 e. The molecule has 2 aromatic carbocycles. The lowest BCUT2D eigenvalue weighted by atomic mass is 10.1. The molecule has 0 saturated heterocycles. The highest BCUT2D eigenvalue weighted by Gasteiger charge is 2.12. The van der Waals surface area contributed by atoms with Gasteiger partial charge in [0.1, 0.15) is 18.2 Å². The summed E-state index contributed by atoms with van der Waals surface area (Å²) in [4.78, 5) is 0. The number of hydrogen-bond acceptors (Lipinski definition) is 2. The van der Waals surface area contributed by atoms with Crippen molar-refractivity contribution in [3.05, 3.63) is 64.5 Å². The second-order valence-corrected chi connectivity index (χ2v) is 5.41. The summed E-state index contributed by atoms with van der Waals surface area (Å²) >= 11 is 0. The molecule has 1 atom stereocenters. The second-order valence-electron chi connectivity index (χ2n) is 5.41. The van der Waals surface area contributed by atoms with E-state index < -0.39 is 0 Å². The van der Waals surface area contributed by atoms with Crippen molar-refractivity contribution in [1.29, 1.82) is 0 Å². The minimum Gasteiger partial charge on any atom is -0.489 e. The Morgan fingerprint density at radius 2 is 1.90 bits per heavy atom. The number of nitrogens with one attached hydrogen (secondary N) is 1. The Bertz CT molecular complexity index is 625. The van der Waals surface area contributed by atoms with E-state index in [4.69, 9.17) is 4.74 Å². The van der Waals surface area contributed by atoms with Gasteiger partial charge >= 0.3 is 0 Å². The Morgan fingerprint density at radius 3 is 2.62 bits per heavy atom. The van der Waals surface area contributed by atoms with Crippen LogP contribution in [0.15, 0.2) is 36.4 Å². The van der Waals surface area contributed by atoms with Gasteiger partial charge in [0.15, 0.2) is 0 Å². The van der Waals surface area contributed by atoms with Crippen molar-refractivity contribution in [2.45, 2.75) is 33.4 Å². The van der Waals surface area contributed by atoms with Crippen LogP contribution in [0.3, 0.4) is 0 Å². The third-order valence-corrected chi connectivity index (χ3v) is 3.76. The Balaban J connectivity index is 2.21. The summed E-state index contributed by atoms with van der Waals surface area (Å²) in [5.74, 6) is 0.477. The fraction of sp³-hybridized carbons (Fsp3) is 0.333. The van der Waals surface area contributed by atoms with Crippen LogP contribution in [-0.2, 0) is 6.61 Å². The fourth-order valence-corrected chi connectivity index (χ4v) is 2.26. The quantitative estimate of drug-likeness (QED) is 0.885. The Hall–Kier alpha value is -1.87. The maximum absolute atomic E-state index is 13.4. The summed E-state index contributed by atoms with van der Waals surface area (Å²) in [6, 6.07) is 11.0. The van der Waals surface area contributed by atoms with Crippen molar-refractivity contribution >= 4 is 0 Å². The minimum atomic E-state index is -0.244. The summed E-state index contributed by atoms with van der Waals surface area (Å²) in [5.41, 5.74) is 4.40. The molecule has 0 amide bonds. The lowest BCUT2D eigenvalue weighted by Crippen LogP contribution is -2.14. The summed E-state index contributed by atoms with van der Waals surface area (Å²) in [6.45, 7) is 6.61. The van der Waals surface area contributed by atoms with Gasteiger partial charge in [-0.05, 0) is 57.1 Å². The molecule has 0 aliphatic carbocycles. The highest BCUT2D eigenvalue weighted by molar-refractivity contribution is 5.37. The monoisotopic (exact) mass is 287 g/mol. The maximum atomic E-state index is 13.4. The van der Waals surface area contributed by atoms with Gasteiger partial charge in [-0.15, -0.1) is 0 Å². The summed E-state index contributed by atoms with van der Waals surface area (Å²) in [5, 5.41) is 3.12. The van der Waals surface area contributed by atoms with E-state index in [1.54, 1.807) is 6.07 Å². The van der Waals surface area contributed by atoms with Gasteiger partial charge in [0.25, 0.3) is 0 Å². The van der Waals surface area contributed by atoms with Gasteiger partial charge in [0.2, 0.25) is 0 Å². The molecule has 1 N–H and O–H groups in total. The van der Waals surface area contributed by atoms with Gasteiger partial charge in [-0.3, -0.25) is 0 Å². The van der Waals surface area contributed by atoms with E-state index in [1.807, 2.05) is 14.0 Å². The van der Waals surface area contributed by atoms with Crippen LogP contribution in [-0.4, -0.2) is 7.05 Å². The molecule has 0 saturated carbocycles. The molecule has 0 bridgehead atoms. The Kier molecular flexibility index (Phi) is 4.97. The van der Waals surface area contributed by atoms with E-state index in [2.05, 4.69) is 37.4 Å². The van der Waals surface area contributed by atoms with Crippen LogP contribution in [0, 0.1) is 19.7 Å². The minimum absolute atomic E-state index is 0.0364. The number of aryl methyl sites for hydroxylation is 2. The smallest absolute Gasteiger partial charge is 0.124 e. The lowest BCUT2D eigenvalue weighted by molar-refractivity contribution is 0.299. The molecule has 0 aliphatic heterocycles. The van der Waals surface area contributed by atoms with E-state index in [0.29, 0.717) is 6.61 Å². The molecule has 3 heteroatoms. The first kappa shape index (κ1) is 15.5. The average molecular weight is 287 g/mol. The predicted octanol–water partition coefficient (Wildman–Crippen LogP) is 4.30. The molecule has 1 unspecified atom stereocenters. The molecule has 112 valence electrons. The number of rotatable bonds is 5. The van der Waals surface area contributed by atoms with Crippen LogP contribution < -0.4 is 10.1 Å². The average Bonchev–Trinajstić information content (AvgIpc) is 2.48. The Morgan fingerprint density at radius 1 is 1.14 bits per heavy atom. The SMILES string of the molecule is CNC(C)c1cc(F)ccc1OCc1cc(C)ccc1C. The fourth-order valence-electron chi connectivity index (χ4n) is 2.26. The summed E-state index contributed by atoms with van der Waals surface area (Å²) in [6.07, 6.45) is 0. The van der Waals surface area contributed by atoms with Crippen LogP contribution in [0.2, 0.25) is 0 Å². The Labute approximate surface area is 126 Å². The molecule has 2 rings (SSSR count). The standard InChI is InChI=1S/C18H22FNO/c1-12-5-6-13(2)15(9-12)11-21-18-8-7-16(19)10-17(18)14(3)20-4/h5-10,14,20H,11H2,1-4H3. The van der Waals surface area contributed by atoms with Crippen LogP contribution in [0.5, 0.6) is 5.75 Å².